The van der Waals surface area contributed by atoms with Gasteiger partial charge in [-0.2, -0.15) is 0 Å². The summed E-state index contributed by atoms with van der Waals surface area (Å²) in [4.78, 5) is 31.7. The van der Waals surface area contributed by atoms with Crippen LogP contribution in [0.25, 0.3) is 5.57 Å². The van der Waals surface area contributed by atoms with Gasteiger partial charge in [-0.15, -0.1) is 0 Å². The minimum atomic E-state index is -0.485. The molecule has 7 heteroatoms. The van der Waals surface area contributed by atoms with Crippen LogP contribution in [0.5, 0.6) is 0 Å². The van der Waals surface area contributed by atoms with Gasteiger partial charge >= 0.3 is 0 Å². The molecule has 0 spiro atoms. The lowest BCUT2D eigenvalue weighted by Crippen LogP contribution is -2.32. The molecule has 2 heterocycles. The van der Waals surface area contributed by atoms with Crippen LogP contribution in [0.2, 0.25) is 5.02 Å². The number of carbonyl (C=O) groups excluding carboxylic acids is 2. The molecule has 1 aliphatic rings. The molecule has 0 aliphatic carbocycles. The summed E-state index contributed by atoms with van der Waals surface area (Å²) in [6.45, 7) is 1.90. The van der Waals surface area contributed by atoms with Crippen LogP contribution in [0.15, 0.2) is 72.6 Å². The fraction of sp³-hybridized carbons (Fsp3) is 0.0870. The number of halogens is 2. The largest absolute Gasteiger partial charge is 0.350 e. The summed E-state index contributed by atoms with van der Waals surface area (Å²) in [6, 6.07) is 16.0. The van der Waals surface area contributed by atoms with E-state index in [0.717, 1.165) is 10.5 Å². The SMILES string of the molecule is Cc1ccc(NC2=C(c3ccc(F)cc3)C(=O)N(Cc3ccccn3)C2=O)cc1Cl. The summed E-state index contributed by atoms with van der Waals surface area (Å²) in [5.74, 6) is -1.39. The van der Waals surface area contributed by atoms with Crippen LogP contribution < -0.4 is 5.32 Å². The Balaban J connectivity index is 1.75. The predicted molar refractivity (Wildman–Crippen MR) is 113 cm³/mol. The van der Waals surface area contributed by atoms with E-state index >= 15 is 0 Å². The average molecular weight is 422 g/mol. The van der Waals surface area contributed by atoms with Crippen molar-refractivity contribution in [2.75, 3.05) is 5.32 Å². The number of aromatic nitrogens is 1. The lowest BCUT2D eigenvalue weighted by molar-refractivity contribution is -0.137. The van der Waals surface area contributed by atoms with E-state index in [-0.39, 0.29) is 17.8 Å². The average Bonchev–Trinajstić information content (AvgIpc) is 2.96. The molecule has 0 atom stereocenters. The molecule has 3 aromatic rings. The zero-order valence-electron chi connectivity index (χ0n) is 16.0. The standard InChI is InChI=1S/C23H17ClFN3O2/c1-14-5-10-17(12-19(14)24)27-21-20(15-6-8-16(25)9-7-15)22(29)28(23(21)30)13-18-4-2-3-11-26-18/h2-12,27H,13H2,1H3. The molecule has 0 radical (unpaired) electrons. The van der Waals surface area contributed by atoms with E-state index in [9.17, 15) is 14.0 Å². The van der Waals surface area contributed by atoms with E-state index in [2.05, 4.69) is 10.3 Å². The third-order valence-corrected chi connectivity index (χ3v) is 5.20. The minimum absolute atomic E-state index is 0.0308. The van der Waals surface area contributed by atoms with Crippen molar-refractivity contribution < 1.29 is 14.0 Å². The molecule has 2 aromatic carbocycles. The lowest BCUT2D eigenvalue weighted by Gasteiger charge is -2.15. The summed E-state index contributed by atoms with van der Waals surface area (Å²) < 4.78 is 13.4. The van der Waals surface area contributed by atoms with Gasteiger partial charge in [0.2, 0.25) is 0 Å². The molecular formula is C23H17ClFN3O2. The van der Waals surface area contributed by atoms with Crippen molar-refractivity contribution in [2.45, 2.75) is 13.5 Å². The molecule has 0 saturated heterocycles. The van der Waals surface area contributed by atoms with Crippen molar-refractivity contribution in [3.63, 3.8) is 0 Å². The number of nitrogens with one attached hydrogen (secondary N) is 1. The molecular weight excluding hydrogens is 405 g/mol. The van der Waals surface area contributed by atoms with Crippen molar-refractivity contribution in [1.29, 1.82) is 0 Å². The highest BCUT2D eigenvalue weighted by molar-refractivity contribution is 6.36. The van der Waals surface area contributed by atoms with E-state index in [1.807, 2.05) is 13.0 Å². The van der Waals surface area contributed by atoms with Gasteiger partial charge in [0, 0.05) is 16.9 Å². The molecule has 30 heavy (non-hydrogen) atoms. The molecule has 0 fully saturated rings. The summed E-state index contributed by atoms with van der Waals surface area (Å²) in [5.41, 5.74) is 2.77. The van der Waals surface area contributed by atoms with Gasteiger partial charge in [0.25, 0.3) is 11.8 Å². The fourth-order valence-electron chi connectivity index (χ4n) is 3.19. The van der Waals surface area contributed by atoms with Gasteiger partial charge in [0.15, 0.2) is 0 Å². The second-order valence-electron chi connectivity index (χ2n) is 6.86. The van der Waals surface area contributed by atoms with Crippen LogP contribution in [0.3, 0.4) is 0 Å². The Morgan fingerprint density at radius 1 is 1.03 bits per heavy atom. The van der Waals surface area contributed by atoms with Gasteiger partial charge in [-0.1, -0.05) is 35.9 Å². The van der Waals surface area contributed by atoms with Crippen molar-refractivity contribution in [2.24, 2.45) is 0 Å². The molecule has 5 nitrogen and oxygen atoms in total. The molecule has 150 valence electrons. The lowest BCUT2D eigenvalue weighted by atomic mass is 10.0. The first-order valence-corrected chi connectivity index (χ1v) is 9.61. The highest BCUT2D eigenvalue weighted by Gasteiger charge is 2.39. The molecule has 1 N–H and O–H groups in total. The van der Waals surface area contributed by atoms with E-state index < -0.39 is 17.6 Å². The summed E-state index contributed by atoms with van der Waals surface area (Å²) >= 11 is 6.20. The normalized spacial score (nSPS) is 13.9. The van der Waals surface area contributed by atoms with Crippen LogP contribution in [-0.2, 0) is 16.1 Å². The van der Waals surface area contributed by atoms with Crippen molar-refractivity contribution in [3.05, 3.63) is 100 Å². The number of rotatable bonds is 5. The maximum Gasteiger partial charge on any atom is 0.278 e. The zero-order chi connectivity index (χ0) is 21.3. The topological polar surface area (TPSA) is 62.3 Å². The number of anilines is 1. The molecule has 2 amide bonds. The fourth-order valence-corrected chi connectivity index (χ4v) is 3.37. The van der Waals surface area contributed by atoms with Crippen LogP contribution in [0, 0.1) is 12.7 Å². The van der Waals surface area contributed by atoms with E-state index in [1.165, 1.54) is 24.3 Å². The number of imide groups is 1. The summed E-state index contributed by atoms with van der Waals surface area (Å²) in [6.07, 6.45) is 1.60. The smallest absolute Gasteiger partial charge is 0.278 e. The van der Waals surface area contributed by atoms with E-state index in [0.29, 0.717) is 22.0 Å². The van der Waals surface area contributed by atoms with E-state index in [1.54, 1.807) is 36.5 Å². The third-order valence-electron chi connectivity index (χ3n) is 4.79. The molecule has 1 aromatic heterocycles. The Morgan fingerprint density at radius 3 is 2.47 bits per heavy atom. The van der Waals surface area contributed by atoms with Crippen LogP contribution in [0.1, 0.15) is 16.8 Å². The first-order valence-electron chi connectivity index (χ1n) is 9.23. The highest BCUT2D eigenvalue weighted by atomic mass is 35.5. The van der Waals surface area contributed by atoms with Gasteiger partial charge in [0.05, 0.1) is 17.8 Å². The number of hydrogen-bond acceptors (Lipinski definition) is 4. The first-order chi connectivity index (χ1) is 14.4. The zero-order valence-corrected chi connectivity index (χ0v) is 16.8. The first kappa shape index (κ1) is 19.8. The maximum absolute atomic E-state index is 13.4. The molecule has 0 bridgehead atoms. The maximum atomic E-state index is 13.4. The van der Waals surface area contributed by atoms with Crippen molar-refractivity contribution >= 4 is 34.7 Å². The number of aryl methyl sites for hydroxylation is 1. The van der Waals surface area contributed by atoms with Crippen LogP contribution >= 0.6 is 11.6 Å². The summed E-state index contributed by atoms with van der Waals surface area (Å²) in [7, 11) is 0. The highest BCUT2D eigenvalue weighted by Crippen LogP contribution is 2.32. The number of hydrogen-bond donors (Lipinski definition) is 1. The Labute approximate surface area is 177 Å². The van der Waals surface area contributed by atoms with Crippen LogP contribution in [-0.4, -0.2) is 21.7 Å². The van der Waals surface area contributed by atoms with Gasteiger partial charge in [-0.05, 0) is 54.4 Å². The van der Waals surface area contributed by atoms with Gasteiger partial charge in [0.1, 0.15) is 11.5 Å². The third kappa shape index (κ3) is 3.82. The Bertz CT molecular complexity index is 1160. The van der Waals surface area contributed by atoms with Gasteiger partial charge in [-0.25, -0.2) is 4.39 Å². The monoisotopic (exact) mass is 421 g/mol. The van der Waals surface area contributed by atoms with Gasteiger partial charge in [-0.3, -0.25) is 19.5 Å². The van der Waals surface area contributed by atoms with E-state index in [4.69, 9.17) is 11.6 Å². The number of pyridine rings is 1. The second kappa shape index (κ2) is 8.08. The Kier molecular flexibility index (Phi) is 5.33. The second-order valence-corrected chi connectivity index (χ2v) is 7.27. The van der Waals surface area contributed by atoms with Crippen molar-refractivity contribution in [3.8, 4) is 0 Å². The Hall–Kier alpha value is -3.51. The van der Waals surface area contributed by atoms with Crippen LogP contribution in [0.4, 0.5) is 10.1 Å². The summed E-state index contributed by atoms with van der Waals surface area (Å²) in [5, 5.41) is 3.57. The molecule has 0 unspecified atom stereocenters. The molecule has 0 saturated carbocycles. The Morgan fingerprint density at radius 2 is 1.80 bits per heavy atom. The quantitative estimate of drug-likeness (QED) is 0.613. The number of carbonyl (C=O) groups is 2. The number of nitrogens with zero attached hydrogens (tertiary/aromatic N) is 2. The molecule has 4 rings (SSSR count). The minimum Gasteiger partial charge on any atom is -0.350 e. The predicted octanol–water partition coefficient (Wildman–Crippen LogP) is 4.57. The number of amides is 2. The van der Waals surface area contributed by atoms with Gasteiger partial charge < -0.3 is 5.32 Å². The van der Waals surface area contributed by atoms with Crippen molar-refractivity contribution in [1.82, 2.24) is 9.88 Å². The number of benzene rings is 2. The molecule has 1 aliphatic heterocycles.